The van der Waals surface area contributed by atoms with Gasteiger partial charge >= 0.3 is 36.7 Å². The number of hydrogen-bond donors (Lipinski definition) is 0. The first-order valence-corrected chi connectivity index (χ1v) is 4.81. The Kier molecular flexibility index (Phi) is 0.825. The van der Waals surface area contributed by atoms with Crippen LogP contribution in [0.25, 0.3) is 0 Å². The molecule has 0 spiro atoms. The third-order valence-corrected chi connectivity index (χ3v) is 1.49. The predicted molar refractivity (Wildman–Crippen MR) is 10.4 cm³/mol. The van der Waals surface area contributed by atoms with E-state index in [1.165, 1.54) is 0 Å². The second-order valence-electron chi connectivity index (χ2n) is 0.612. The van der Waals surface area contributed by atoms with Crippen molar-refractivity contribution in [3.05, 3.63) is 0 Å². The van der Waals surface area contributed by atoms with Crippen LogP contribution in [0.2, 0.25) is 0 Å². The second-order valence-corrected chi connectivity index (χ2v) is 3.72. The van der Waals surface area contributed by atoms with Gasteiger partial charge in [0.25, 0.3) is 0 Å². The van der Waals surface area contributed by atoms with E-state index in [2.05, 4.69) is 11.5 Å². The van der Waals surface area contributed by atoms with Crippen LogP contribution < -0.4 is 0 Å². The summed E-state index contributed by atoms with van der Waals surface area (Å²) in [6.07, 6.45) is 0. The molecule has 0 bridgehead atoms. The van der Waals surface area contributed by atoms with Gasteiger partial charge in [-0.3, -0.25) is 0 Å². The van der Waals surface area contributed by atoms with E-state index in [9.17, 15) is 6.21 Å². The fraction of sp³-hybridized carbons (Fsp3) is 0. The van der Waals surface area contributed by atoms with E-state index in [0.717, 1.165) is 0 Å². The first kappa shape index (κ1) is 4.43. The number of rotatable bonds is 0. The summed E-state index contributed by atoms with van der Waals surface area (Å²) in [6, 6.07) is 0. The molecule has 1 fully saturated rings. The minimum absolute atomic E-state index is 3.40. The van der Waals surface area contributed by atoms with Gasteiger partial charge in [0.15, 0.2) is 0 Å². The van der Waals surface area contributed by atoms with E-state index in [1.54, 1.807) is 0 Å². The first-order valence-electron chi connectivity index (χ1n) is 1.00. The van der Waals surface area contributed by atoms with Gasteiger partial charge in [0, 0.05) is 0 Å². The molecule has 0 unspecified atom stereocenters. The molecule has 0 aromatic carbocycles. The zero-order valence-corrected chi connectivity index (χ0v) is 4.78. The summed E-state index contributed by atoms with van der Waals surface area (Å²) in [6.45, 7) is 0. The Morgan fingerprint density at radius 3 is 1.50 bits per heavy atom. The van der Waals surface area contributed by atoms with Crippen LogP contribution in [0.1, 0.15) is 0 Å². The van der Waals surface area contributed by atoms with Gasteiger partial charge in [-0.25, -0.2) is 0 Å². The molecule has 0 aliphatic carbocycles. The SMILES string of the molecule is O=[Te]1(=O)OOO1. The van der Waals surface area contributed by atoms with Gasteiger partial charge in [0.1, 0.15) is 0 Å². The van der Waals surface area contributed by atoms with Gasteiger partial charge in [-0.15, -0.1) is 0 Å². The van der Waals surface area contributed by atoms with Crippen LogP contribution in [0.4, 0.5) is 0 Å². The molecule has 0 amide bonds. The van der Waals surface area contributed by atoms with Crippen LogP contribution in [-0.4, -0.2) is 19.0 Å². The van der Waals surface area contributed by atoms with Crippen molar-refractivity contribution < 1.29 is 17.8 Å². The summed E-state index contributed by atoms with van der Waals surface area (Å²) in [7, 11) is 0. The molecule has 1 rings (SSSR count). The Bertz CT molecular complexity index is 118. The Morgan fingerprint density at radius 1 is 1.17 bits per heavy atom. The van der Waals surface area contributed by atoms with Crippen LogP contribution in [0, 0.1) is 0 Å². The third kappa shape index (κ3) is 0.667. The quantitative estimate of drug-likeness (QED) is 0.384. The van der Waals surface area contributed by atoms with Crippen molar-refractivity contribution in [3.8, 4) is 0 Å². The van der Waals surface area contributed by atoms with Gasteiger partial charge < -0.3 is 0 Å². The molecule has 0 N–H and O–H groups in total. The van der Waals surface area contributed by atoms with Crippen molar-refractivity contribution in [2.75, 3.05) is 0 Å². The van der Waals surface area contributed by atoms with Crippen molar-refractivity contribution in [2.24, 2.45) is 0 Å². The molecular weight excluding hydrogens is 208 g/mol. The van der Waals surface area contributed by atoms with Crippen molar-refractivity contribution in [1.82, 2.24) is 0 Å². The van der Waals surface area contributed by atoms with Crippen molar-refractivity contribution in [2.45, 2.75) is 0 Å². The van der Waals surface area contributed by atoms with Gasteiger partial charge in [0.05, 0.1) is 0 Å². The Balaban J connectivity index is 2.78. The molecular formula is O5Te. The molecule has 1 heterocycles. The fourth-order valence-electron chi connectivity index (χ4n) is 0.0731. The molecule has 1 saturated heterocycles. The molecule has 1 aliphatic rings. The normalized spacial score (nSPS) is 28.7. The van der Waals surface area contributed by atoms with E-state index in [1.807, 2.05) is 0 Å². The van der Waals surface area contributed by atoms with Crippen molar-refractivity contribution in [1.29, 1.82) is 0 Å². The van der Waals surface area contributed by atoms with Crippen molar-refractivity contribution in [3.63, 3.8) is 0 Å². The molecule has 0 radical (unpaired) electrons. The molecule has 36 valence electrons. The average Bonchev–Trinajstić information content (AvgIpc) is 1.32. The van der Waals surface area contributed by atoms with E-state index in [4.69, 9.17) is 0 Å². The first-order chi connectivity index (χ1) is 2.71. The monoisotopic (exact) mass is 210 g/mol. The molecule has 5 nitrogen and oxygen atoms in total. The van der Waals surface area contributed by atoms with E-state index < -0.39 is 19.0 Å². The van der Waals surface area contributed by atoms with Crippen molar-refractivity contribution >= 4 is 19.0 Å². The summed E-state index contributed by atoms with van der Waals surface area (Å²) in [5.41, 5.74) is 0. The predicted octanol–water partition coefficient (Wildman–Crippen LogP) is -0.824. The topological polar surface area (TPSA) is 61.8 Å². The summed E-state index contributed by atoms with van der Waals surface area (Å²) < 4.78 is 26.2. The zero-order chi connectivity index (χ0) is 4.62. The van der Waals surface area contributed by atoms with Gasteiger partial charge in [-0.1, -0.05) is 0 Å². The summed E-state index contributed by atoms with van der Waals surface area (Å²) in [5.74, 6) is 0. The van der Waals surface area contributed by atoms with Crippen LogP contribution in [0.5, 0.6) is 0 Å². The van der Waals surface area contributed by atoms with Gasteiger partial charge in [-0.2, -0.15) is 0 Å². The van der Waals surface area contributed by atoms with E-state index in [0.29, 0.717) is 0 Å². The summed E-state index contributed by atoms with van der Waals surface area (Å²) >= 11 is -4.60. The molecule has 0 saturated carbocycles. The Labute approximate surface area is 37.3 Å². The van der Waals surface area contributed by atoms with Crippen LogP contribution in [0.3, 0.4) is 0 Å². The second kappa shape index (κ2) is 1.12. The van der Waals surface area contributed by atoms with E-state index >= 15 is 0 Å². The Hall–Kier alpha value is 0.270. The summed E-state index contributed by atoms with van der Waals surface area (Å²) in [4.78, 5) is 0. The molecule has 6 heavy (non-hydrogen) atoms. The van der Waals surface area contributed by atoms with Gasteiger partial charge in [-0.05, 0) is 0 Å². The van der Waals surface area contributed by atoms with Gasteiger partial charge in [0.2, 0.25) is 0 Å². The van der Waals surface area contributed by atoms with E-state index in [-0.39, 0.29) is 0 Å². The minimum atomic E-state index is -4.60. The molecule has 6 heteroatoms. The zero-order valence-electron chi connectivity index (χ0n) is 2.45. The third-order valence-electron chi connectivity index (χ3n) is 0.222. The maximum absolute atomic E-state index is 9.62. The number of hydrogen-bond acceptors (Lipinski definition) is 5. The van der Waals surface area contributed by atoms with Crippen LogP contribution >= 0.6 is 0 Å². The maximum atomic E-state index is 9.62. The fourth-order valence-corrected chi connectivity index (χ4v) is 0.491. The molecule has 0 atom stereocenters. The molecule has 0 aromatic heterocycles. The standard InChI is InChI=1S/O5Te/c1-6(2)4-3-5-6. The van der Waals surface area contributed by atoms with Crippen LogP contribution in [0.15, 0.2) is 0 Å². The summed E-state index contributed by atoms with van der Waals surface area (Å²) in [5, 5.41) is 3.40. The molecule has 0 aromatic rings. The average molecular weight is 208 g/mol. The Morgan fingerprint density at radius 2 is 1.50 bits per heavy atom. The van der Waals surface area contributed by atoms with Crippen LogP contribution in [-0.2, 0) is 17.8 Å². The molecule has 1 aliphatic heterocycles.